The van der Waals surface area contributed by atoms with Crippen molar-refractivity contribution in [2.75, 3.05) is 0 Å². The number of ether oxygens (including phenoxy) is 1. The van der Waals surface area contributed by atoms with Gasteiger partial charge in [-0.15, -0.1) is 0 Å². The molecule has 0 unspecified atom stereocenters. The molecule has 0 bridgehead atoms. The highest BCUT2D eigenvalue weighted by molar-refractivity contribution is 9.11. The lowest BCUT2D eigenvalue weighted by Gasteiger charge is -2.21. The zero-order valence-electron chi connectivity index (χ0n) is 16.2. The molecule has 0 aliphatic heterocycles. The highest BCUT2D eigenvalue weighted by Crippen LogP contribution is 2.11. The number of hydrogen-bond acceptors (Lipinski definition) is 4. The highest BCUT2D eigenvalue weighted by atomic mass is 79.9. The Morgan fingerprint density at radius 1 is 0.933 bits per heavy atom. The summed E-state index contributed by atoms with van der Waals surface area (Å²) in [7, 11) is 0. The Morgan fingerprint density at radius 3 is 2.03 bits per heavy atom. The van der Waals surface area contributed by atoms with Crippen LogP contribution in [0.5, 0.6) is 0 Å². The standard InChI is InChI=1S/C22H23BrN2O5/c1-15(23)12-19(21(27)28)24-20(26)18(13-16-8-4-2-5-9-16)25-22(29)30-14-17-10-6-3-7-11-17/h2-11,18-19H,1,12-14H2,(H,24,26)(H,25,29)(H,27,28)/t18-,19+/m1/s1. The van der Waals surface area contributed by atoms with E-state index in [1.807, 2.05) is 60.7 Å². The van der Waals surface area contributed by atoms with Gasteiger partial charge in [0.25, 0.3) is 0 Å². The van der Waals surface area contributed by atoms with Gasteiger partial charge in [0.2, 0.25) is 5.91 Å². The third kappa shape index (κ3) is 8.08. The van der Waals surface area contributed by atoms with E-state index in [-0.39, 0.29) is 19.4 Å². The predicted octanol–water partition coefficient (Wildman–Crippen LogP) is 3.39. The number of carboxylic acid groups (broad SMARTS) is 1. The summed E-state index contributed by atoms with van der Waals surface area (Å²) in [4.78, 5) is 36.5. The van der Waals surface area contributed by atoms with Crippen molar-refractivity contribution in [3.63, 3.8) is 0 Å². The molecule has 7 nitrogen and oxygen atoms in total. The third-order valence-electron chi connectivity index (χ3n) is 4.14. The summed E-state index contributed by atoms with van der Waals surface area (Å²) in [5.74, 6) is -1.83. The summed E-state index contributed by atoms with van der Waals surface area (Å²) in [6, 6.07) is 16.0. The van der Waals surface area contributed by atoms with E-state index in [0.29, 0.717) is 4.48 Å². The van der Waals surface area contributed by atoms with Gasteiger partial charge in [0.1, 0.15) is 18.7 Å². The Balaban J connectivity index is 2.06. The van der Waals surface area contributed by atoms with Crippen LogP contribution in [0.1, 0.15) is 17.5 Å². The van der Waals surface area contributed by atoms with Crippen molar-refractivity contribution in [3.8, 4) is 0 Å². The highest BCUT2D eigenvalue weighted by Gasteiger charge is 2.27. The minimum atomic E-state index is -1.20. The van der Waals surface area contributed by atoms with Gasteiger partial charge in [0.15, 0.2) is 0 Å². The van der Waals surface area contributed by atoms with Crippen LogP contribution in [0.4, 0.5) is 4.79 Å². The zero-order valence-corrected chi connectivity index (χ0v) is 17.8. The van der Waals surface area contributed by atoms with Gasteiger partial charge in [0, 0.05) is 12.8 Å². The lowest BCUT2D eigenvalue weighted by atomic mass is 10.0. The maximum absolute atomic E-state index is 12.8. The zero-order chi connectivity index (χ0) is 21.9. The average Bonchev–Trinajstić information content (AvgIpc) is 2.72. The molecule has 0 spiro atoms. The minimum Gasteiger partial charge on any atom is -0.480 e. The van der Waals surface area contributed by atoms with Crippen molar-refractivity contribution in [2.45, 2.75) is 31.5 Å². The second-order valence-corrected chi connectivity index (χ2v) is 7.69. The van der Waals surface area contributed by atoms with E-state index in [0.717, 1.165) is 11.1 Å². The molecule has 2 rings (SSSR count). The van der Waals surface area contributed by atoms with Gasteiger partial charge in [-0.1, -0.05) is 83.2 Å². The molecule has 0 aliphatic carbocycles. The summed E-state index contributed by atoms with van der Waals surface area (Å²) in [6.07, 6.45) is -0.585. The van der Waals surface area contributed by atoms with Gasteiger partial charge in [0.05, 0.1) is 0 Å². The van der Waals surface area contributed by atoms with Crippen LogP contribution in [0.25, 0.3) is 0 Å². The van der Waals surface area contributed by atoms with Crippen LogP contribution in [0, 0.1) is 0 Å². The molecule has 0 saturated heterocycles. The molecule has 2 amide bonds. The van der Waals surface area contributed by atoms with Gasteiger partial charge >= 0.3 is 12.1 Å². The number of amides is 2. The number of halogens is 1. The Bertz CT molecular complexity index is 874. The summed E-state index contributed by atoms with van der Waals surface area (Å²) < 4.78 is 5.63. The molecule has 2 atom stereocenters. The molecule has 0 radical (unpaired) electrons. The van der Waals surface area contributed by atoms with Crippen LogP contribution < -0.4 is 10.6 Å². The second-order valence-electron chi connectivity index (χ2n) is 6.57. The SMILES string of the molecule is C=C(Br)C[C@H](NC(=O)[C@@H](Cc1ccccc1)NC(=O)OCc1ccccc1)C(=O)O. The Morgan fingerprint density at radius 2 is 1.50 bits per heavy atom. The number of carbonyl (C=O) groups excluding carboxylic acids is 2. The fourth-order valence-electron chi connectivity index (χ4n) is 2.66. The van der Waals surface area contributed by atoms with E-state index in [2.05, 4.69) is 33.1 Å². The van der Waals surface area contributed by atoms with E-state index < -0.39 is 30.1 Å². The number of alkyl carbamates (subject to hydrolysis) is 1. The number of carboxylic acids is 1. The van der Waals surface area contributed by atoms with Crippen LogP contribution >= 0.6 is 15.9 Å². The lowest BCUT2D eigenvalue weighted by molar-refractivity contribution is -0.142. The van der Waals surface area contributed by atoms with E-state index in [9.17, 15) is 19.5 Å². The van der Waals surface area contributed by atoms with Crippen molar-refractivity contribution in [1.82, 2.24) is 10.6 Å². The first-order chi connectivity index (χ1) is 14.3. The van der Waals surface area contributed by atoms with Gasteiger partial charge in [-0.25, -0.2) is 9.59 Å². The first kappa shape index (κ1) is 23.2. The van der Waals surface area contributed by atoms with Crippen molar-refractivity contribution >= 4 is 33.9 Å². The Hall–Kier alpha value is -3.13. The molecular formula is C22H23BrN2O5. The first-order valence-corrected chi connectivity index (χ1v) is 10.0. The van der Waals surface area contributed by atoms with Gasteiger partial charge < -0.3 is 20.5 Å². The number of benzene rings is 2. The van der Waals surface area contributed by atoms with E-state index >= 15 is 0 Å². The maximum atomic E-state index is 12.8. The molecule has 30 heavy (non-hydrogen) atoms. The maximum Gasteiger partial charge on any atom is 0.408 e. The molecule has 8 heteroatoms. The molecule has 0 aliphatic rings. The molecule has 2 aromatic carbocycles. The van der Waals surface area contributed by atoms with Crippen LogP contribution in [0.15, 0.2) is 71.7 Å². The molecular weight excluding hydrogens is 452 g/mol. The van der Waals surface area contributed by atoms with Crippen LogP contribution in [0.2, 0.25) is 0 Å². The monoisotopic (exact) mass is 474 g/mol. The Labute approximate surface area is 183 Å². The topological polar surface area (TPSA) is 105 Å². The number of aliphatic carboxylic acids is 1. The first-order valence-electron chi connectivity index (χ1n) is 9.22. The molecule has 158 valence electrons. The van der Waals surface area contributed by atoms with E-state index in [1.54, 1.807) is 0 Å². The summed E-state index contributed by atoms with van der Waals surface area (Å²) in [5.41, 5.74) is 1.61. The number of carbonyl (C=O) groups is 3. The minimum absolute atomic E-state index is 0.0115. The summed E-state index contributed by atoms with van der Waals surface area (Å²) >= 11 is 3.11. The van der Waals surface area contributed by atoms with Gasteiger partial charge in [-0.05, 0) is 15.6 Å². The molecule has 0 aromatic heterocycles. The van der Waals surface area contributed by atoms with E-state index in [4.69, 9.17) is 4.74 Å². The number of hydrogen-bond donors (Lipinski definition) is 3. The largest absolute Gasteiger partial charge is 0.480 e. The molecule has 3 N–H and O–H groups in total. The smallest absolute Gasteiger partial charge is 0.408 e. The molecule has 0 saturated carbocycles. The second kappa shape index (κ2) is 11.8. The Kier molecular flexibility index (Phi) is 9.08. The molecule has 0 heterocycles. The molecule has 2 aromatic rings. The fourth-order valence-corrected chi connectivity index (χ4v) is 2.98. The van der Waals surface area contributed by atoms with Crippen LogP contribution in [0.3, 0.4) is 0 Å². The number of rotatable bonds is 10. The van der Waals surface area contributed by atoms with Gasteiger partial charge in [-0.2, -0.15) is 0 Å². The summed E-state index contributed by atoms with van der Waals surface area (Å²) in [6.45, 7) is 3.66. The summed E-state index contributed by atoms with van der Waals surface area (Å²) in [5, 5.41) is 14.3. The van der Waals surface area contributed by atoms with Gasteiger partial charge in [-0.3, -0.25) is 4.79 Å². The van der Waals surface area contributed by atoms with Crippen LogP contribution in [-0.4, -0.2) is 35.2 Å². The van der Waals surface area contributed by atoms with Crippen molar-refractivity contribution in [2.24, 2.45) is 0 Å². The quantitative estimate of drug-likeness (QED) is 0.489. The van der Waals surface area contributed by atoms with Crippen molar-refractivity contribution in [1.29, 1.82) is 0 Å². The predicted molar refractivity (Wildman–Crippen MR) is 116 cm³/mol. The lowest BCUT2D eigenvalue weighted by Crippen LogP contribution is -2.52. The third-order valence-corrected chi connectivity index (χ3v) is 4.47. The van der Waals surface area contributed by atoms with E-state index in [1.165, 1.54) is 0 Å². The van der Waals surface area contributed by atoms with Crippen LogP contribution in [-0.2, 0) is 27.4 Å². The fraction of sp³-hybridized carbons (Fsp3) is 0.227. The normalized spacial score (nSPS) is 12.3. The van der Waals surface area contributed by atoms with Crippen molar-refractivity contribution < 1.29 is 24.2 Å². The number of nitrogens with one attached hydrogen (secondary N) is 2. The molecule has 0 fully saturated rings. The average molecular weight is 475 g/mol. The van der Waals surface area contributed by atoms with Crippen molar-refractivity contribution in [3.05, 3.63) is 82.9 Å².